The van der Waals surface area contributed by atoms with Gasteiger partial charge in [0.15, 0.2) is 0 Å². The predicted octanol–water partition coefficient (Wildman–Crippen LogP) is 17.4. The Hall–Kier alpha value is -7.48. The molecule has 0 saturated carbocycles. The van der Waals surface area contributed by atoms with Crippen LogP contribution in [0.3, 0.4) is 0 Å². The first-order valence-electron chi connectivity index (χ1n) is 23.2. The fourth-order valence-corrected chi connectivity index (χ4v) is 10.6. The Balaban J connectivity index is 1.35. The molecule has 0 aromatic heterocycles. The third kappa shape index (κ3) is 7.90. The number of nitrogens with zero attached hydrogens (tertiary/aromatic N) is 1. The van der Waals surface area contributed by atoms with Crippen molar-refractivity contribution in [3.05, 3.63) is 305 Å². The molecule has 0 bridgehead atoms. The Morgan fingerprint density at radius 2 is 1.38 bits per heavy atom. The van der Waals surface area contributed by atoms with Crippen molar-refractivity contribution in [3.8, 4) is 0 Å². The molecular formula is C65H61N. The number of para-hydroxylation sites is 1. The van der Waals surface area contributed by atoms with Gasteiger partial charge in [0.25, 0.3) is 0 Å². The first-order valence-corrected chi connectivity index (χ1v) is 23.2. The lowest BCUT2D eigenvalue weighted by Gasteiger charge is -2.36. The summed E-state index contributed by atoms with van der Waals surface area (Å²) in [5, 5.41) is 0. The molecule has 8 rings (SSSR count). The summed E-state index contributed by atoms with van der Waals surface area (Å²) in [7, 11) is 0. The molecular weight excluding hydrogens is 795 g/mol. The summed E-state index contributed by atoms with van der Waals surface area (Å²) in [6.45, 7) is 24.9. The molecule has 0 heterocycles. The van der Waals surface area contributed by atoms with Gasteiger partial charge in [-0.15, -0.1) is 0 Å². The summed E-state index contributed by atoms with van der Waals surface area (Å²) in [5.74, 6) is 0. The van der Waals surface area contributed by atoms with Gasteiger partial charge < -0.3 is 4.90 Å². The number of hydrogen-bond donors (Lipinski definition) is 0. The predicted molar refractivity (Wildman–Crippen MR) is 287 cm³/mol. The summed E-state index contributed by atoms with van der Waals surface area (Å²) >= 11 is 0. The van der Waals surface area contributed by atoms with E-state index >= 15 is 0 Å². The van der Waals surface area contributed by atoms with Crippen LogP contribution in [0.1, 0.15) is 86.4 Å². The topological polar surface area (TPSA) is 3.24 Å². The highest BCUT2D eigenvalue weighted by atomic mass is 15.1. The van der Waals surface area contributed by atoms with Crippen molar-refractivity contribution >= 4 is 28.1 Å². The van der Waals surface area contributed by atoms with E-state index < -0.39 is 10.8 Å². The Labute approximate surface area is 394 Å². The Kier molecular flexibility index (Phi) is 13.5. The molecule has 1 nitrogen and oxygen atoms in total. The van der Waals surface area contributed by atoms with Crippen molar-refractivity contribution < 1.29 is 0 Å². The Morgan fingerprint density at radius 3 is 2.11 bits per heavy atom. The lowest BCUT2D eigenvalue weighted by Crippen LogP contribution is -2.29. The molecule has 0 aliphatic heterocycles. The number of fused-ring (bicyclic) bond motifs is 2. The van der Waals surface area contributed by atoms with E-state index in [1.807, 2.05) is 6.92 Å². The van der Waals surface area contributed by atoms with E-state index in [9.17, 15) is 0 Å². The number of allylic oxidation sites excluding steroid dienone is 22. The van der Waals surface area contributed by atoms with E-state index in [0.29, 0.717) is 0 Å². The van der Waals surface area contributed by atoms with Crippen molar-refractivity contribution in [2.45, 2.75) is 58.3 Å². The third-order valence-corrected chi connectivity index (χ3v) is 13.7. The highest BCUT2D eigenvalue weighted by Gasteiger charge is 2.47. The monoisotopic (exact) mass is 855 g/mol. The molecule has 0 fully saturated rings. The first-order chi connectivity index (χ1) is 32.3. The minimum absolute atomic E-state index is 0.497. The maximum absolute atomic E-state index is 4.92. The van der Waals surface area contributed by atoms with Gasteiger partial charge in [-0.3, -0.25) is 0 Å². The van der Waals surface area contributed by atoms with Gasteiger partial charge in [-0.05, 0) is 139 Å². The van der Waals surface area contributed by atoms with Crippen LogP contribution in [0.5, 0.6) is 0 Å². The van der Waals surface area contributed by atoms with E-state index in [1.165, 1.54) is 66.8 Å². The molecule has 5 aromatic carbocycles. The molecule has 66 heavy (non-hydrogen) atoms. The molecule has 326 valence electrons. The van der Waals surface area contributed by atoms with E-state index in [2.05, 4.69) is 258 Å². The average Bonchev–Trinajstić information content (AvgIpc) is 3.58. The van der Waals surface area contributed by atoms with Gasteiger partial charge in [0, 0.05) is 16.9 Å². The number of hydrogen-bond acceptors (Lipinski definition) is 1. The van der Waals surface area contributed by atoms with Crippen LogP contribution in [-0.4, -0.2) is 0 Å². The van der Waals surface area contributed by atoms with Crippen molar-refractivity contribution in [1.29, 1.82) is 0 Å². The second-order valence-electron chi connectivity index (χ2n) is 17.3. The van der Waals surface area contributed by atoms with Crippen LogP contribution in [0.15, 0.2) is 266 Å². The van der Waals surface area contributed by atoms with Crippen LogP contribution < -0.4 is 4.90 Å². The molecule has 3 aliphatic carbocycles. The smallest absolute Gasteiger partial charge is 0.0668 e. The molecule has 2 unspecified atom stereocenters. The maximum Gasteiger partial charge on any atom is 0.0668 e. The lowest BCUT2D eigenvalue weighted by atomic mass is 9.67. The molecule has 2 atom stereocenters. The normalized spacial score (nSPS) is 19.3. The summed E-state index contributed by atoms with van der Waals surface area (Å²) in [6.07, 6.45) is 34.3. The third-order valence-electron chi connectivity index (χ3n) is 13.7. The van der Waals surface area contributed by atoms with Crippen LogP contribution in [0, 0.1) is 0 Å². The van der Waals surface area contributed by atoms with Crippen molar-refractivity contribution in [2.24, 2.45) is 0 Å². The Morgan fingerprint density at radius 1 is 0.682 bits per heavy atom. The molecule has 0 N–H and O–H groups in total. The van der Waals surface area contributed by atoms with Crippen LogP contribution in [0.4, 0.5) is 11.4 Å². The van der Waals surface area contributed by atoms with Crippen molar-refractivity contribution in [1.82, 2.24) is 0 Å². The summed E-state index contributed by atoms with van der Waals surface area (Å²) in [5.41, 5.74) is 18.8. The van der Waals surface area contributed by atoms with Gasteiger partial charge in [-0.25, -0.2) is 0 Å². The zero-order valence-corrected chi connectivity index (χ0v) is 39.3. The zero-order valence-electron chi connectivity index (χ0n) is 39.3. The standard InChI is InChI=1S/C65H61N/c1-9-13-18-30-48(6)65(53-35-23-17-24-36-53)50(8)56(58-38-25-27-39-61(58)65)43-41-49(7)66(63-40-28-26-37-55(63)47(5)11-3)54-42-44-59-57(29-10-2)60(12-4)64(62(59)45-54,52-33-21-16-22-34-52)46-51-31-19-14-15-20-32-51/h9-31,33-45H,4,6-7,32,46H2,1-3,5,8H3/b13-9-,29-10-,30-18-,43-41-,47-11+. The van der Waals surface area contributed by atoms with Crippen LogP contribution in [0.25, 0.3) is 16.7 Å². The molecule has 1 heteroatoms. The highest BCUT2D eigenvalue weighted by molar-refractivity contribution is 5.93. The van der Waals surface area contributed by atoms with Crippen LogP contribution in [-0.2, 0) is 10.8 Å². The van der Waals surface area contributed by atoms with Crippen molar-refractivity contribution in [2.75, 3.05) is 4.90 Å². The quantitative estimate of drug-likeness (QED) is 0.0948. The first kappa shape index (κ1) is 45.1. The van der Waals surface area contributed by atoms with Gasteiger partial charge >= 0.3 is 0 Å². The minimum atomic E-state index is -0.550. The van der Waals surface area contributed by atoms with Crippen LogP contribution >= 0.6 is 0 Å². The molecule has 3 aliphatic rings. The largest absolute Gasteiger partial charge is 0.310 e. The molecule has 0 radical (unpaired) electrons. The number of benzene rings is 5. The summed E-state index contributed by atoms with van der Waals surface area (Å²) in [6, 6.07) is 46.4. The van der Waals surface area contributed by atoms with E-state index in [-0.39, 0.29) is 0 Å². The van der Waals surface area contributed by atoms with E-state index in [0.717, 1.165) is 41.1 Å². The van der Waals surface area contributed by atoms with Gasteiger partial charge in [0.1, 0.15) is 0 Å². The van der Waals surface area contributed by atoms with Crippen LogP contribution in [0.2, 0.25) is 0 Å². The maximum atomic E-state index is 4.92. The summed E-state index contributed by atoms with van der Waals surface area (Å²) < 4.78 is 0. The van der Waals surface area contributed by atoms with Gasteiger partial charge in [-0.1, -0.05) is 220 Å². The molecule has 5 aromatic rings. The van der Waals surface area contributed by atoms with Crippen molar-refractivity contribution in [3.63, 3.8) is 0 Å². The second-order valence-corrected chi connectivity index (χ2v) is 17.3. The summed E-state index contributed by atoms with van der Waals surface area (Å²) in [4.78, 5) is 2.35. The zero-order chi connectivity index (χ0) is 46.3. The number of rotatable bonds is 15. The SMILES string of the molecule is C=CC1=C(/C=C\C)c2ccc(N(C(=C)/C=C\C3=C(C)C(C(=C)/C=C\C=C/C)(c4ccccc4)c4ccccc43)c3ccccc3/C(C)=C/C)cc2C1(CC1=CC=CC=CC1)c1ccccc1. The Bertz CT molecular complexity index is 3000. The van der Waals surface area contributed by atoms with E-state index in [1.54, 1.807) is 0 Å². The molecule has 0 spiro atoms. The fourth-order valence-electron chi connectivity index (χ4n) is 10.6. The second kappa shape index (κ2) is 19.7. The average molecular weight is 856 g/mol. The van der Waals surface area contributed by atoms with Gasteiger partial charge in [0.2, 0.25) is 0 Å². The lowest BCUT2D eigenvalue weighted by molar-refractivity contribution is 0.614. The molecule has 0 amide bonds. The minimum Gasteiger partial charge on any atom is -0.310 e. The molecule has 0 saturated heterocycles. The fraction of sp³-hybridized carbons (Fsp3) is 0.138. The van der Waals surface area contributed by atoms with E-state index in [4.69, 9.17) is 13.2 Å². The number of anilines is 2. The van der Waals surface area contributed by atoms with Gasteiger partial charge in [-0.2, -0.15) is 0 Å². The highest BCUT2D eigenvalue weighted by Crippen LogP contribution is 2.57. The van der Waals surface area contributed by atoms with Gasteiger partial charge in [0.05, 0.1) is 16.5 Å².